The summed E-state index contributed by atoms with van der Waals surface area (Å²) in [7, 11) is 0. The van der Waals surface area contributed by atoms with Crippen molar-refractivity contribution in [3.63, 3.8) is 0 Å². The van der Waals surface area contributed by atoms with Crippen molar-refractivity contribution in [1.29, 1.82) is 0 Å². The van der Waals surface area contributed by atoms with Gasteiger partial charge in [-0.2, -0.15) is 5.10 Å². The molecule has 0 spiro atoms. The minimum Gasteiger partial charge on any atom is -0.438 e. The fraction of sp³-hybridized carbons (Fsp3) is 0.286. The van der Waals surface area contributed by atoms with Gasteiger partial charge in [-0.25, -0.2) is 4.98 Å². The van der Waals surface area contributed by atoms with E-state index in [9.17, 15) is 4.79 Å². The van der Waals surface area contributed by atoms with Crippen LogP contribution < -0.4 is 10.1 Å². The second-order valence-corrected chi connectivity index (χ2v) is 7.75. The summed E-state index contributed by atoms with van der Waals surface area (Å²) in [6.07, 6.45) is 1.61. The molecule has 1 atom stereocenters. The summed E-state index contributed by atoms with van der Waals surface area (Å²) in [6.45, 7) is 7.37. The highest BCUT2D eigenvalue weighted by atomic mass is 79.9. The highest BCUT2D eigenvalue weighted by Gasteiger charge is 2.16. The SMILES string of the molecule is Cc1cc(C)n(CC(C)CNC(=O)c2cccnc2Oc2ccc(Br)cc2)n1. The van der Waals surface area contributed by atoms with Crippen LogP contribution in [0.3, 0.4) is 0 Å². The first-order chi connectivity index (χ1) is 13.4. The van der Waals surface area contributed by atoms with Crippen molar-refractivity contribution in [3.05, 3.63) is 70.1 Å². The predicted octanol–water partition coefficient (Wildman–Crippen LogP) is 4.52. The van der Waals surface area contributed by atoms with Gasteiger partial charge in [-0.1, -0.05) is 22.9 Å². The van der Waals surface area contributed by atoms with Crippen molar-refractivity contribution in [2.75, 3.05) is 6.54 Å². The molecule has 0 aliphatic heterocycles. The van der Waals surface area contributed by atoms with Crippen LogP contribution in [0.4, 0.5) is 0 Å². The van der Waals surface area contributed by atoms with E-state index in [1.807, 2.05) is 48.9 Å². The van der Waals surface area contributed by atoms with Gasteiger partial charge < -0.3 is 10.1 Å². The Bertz CT molecular complexity index is 953. The molecular weight excluding hydrogens is 420 g/mol. The lowest BCUT2D eigenvalue weighted by molar-refractivity contribution is 0.0943. The van der Waals surface area contributed by atoms with Gasteiger partial charge in [-0.05, 0) is 62.2 Å². The van der Waals surface area contributed by atoms with Crippen molar-refractivity contribution < 1.29 is 9.53 Å². The highest BCUT2D eigenvalue weighted by Crippen LogP contribution is 2.24. The Morgan fingerprint density at radius 2 is 2.00 bits per heavy atom. The Balaban J connectivity index is 1.62. The third kappa shape index (κ3) is 5.19. The van der Waals surface area contributed by atoms with Crippen molar-refractivity contribution in [2.45, 2.75) is 27.3 Å². The number of pyridine rings is 1. The van der Waals surface area contributed by atoms with Crippen LogP contribution in [-0.2, 0) is 6.54 Å². The monoisotopic (exact) mass is 442 g/mol. The number of carbonyl (C=O) groups is 1. The van der Waals surface area contributed by atoms with E-state index in [2.05, 4.69) is 38.3 Å². The summed E-state index contributed by atoms with van der Waals surface area (Å²) in [5, 5.41) is 7.45. The van der Waals surface area contributed by atoms with Crippen molar-refractivity contribution in [2.24, 2.45) is 5.92 Å². The number of nitrogens with zero attached hydrogens (tertiary/aromatic N) is 3. The van der Waals surface area contributed by atoms with Gasteiger partial charge in [0.25, 0.3) is 5.91 Å². The van der Waals surface area contributed by atoms with Crippen LogP contribution in [0.2, 0.25) is 0 Å². The first-order valence-corrected chi connectivity index (χ1v) is 9.89. The first-order valence-electron chi connectivity index (χ1n) is 9.10. The molecule has 3 rings (SSSR count). The number of carbonyl (C=O) groups excluding carboxylic acids is 1. The standard InChI is InChI=1S/C21H23BrN4O2/c1-14(13-26-16(3)11-15(2)25-26)12-24-20(27)19-5-4-10-23-21(19)28-18-8-6-17(22)7-9-18/h4-11,14H,12-13H2,1-3H3,(H,24,27). The van der Waals surface area contributed by atoms with E-state index in [0.29, 0.717) is 17.9 Å². The van der Waals surface area contributed by atoms with Gasteiger partial charge in [-0.3, -0.25) is 9.48 Å². The third-order valence-electron chi connectivity index (χ3n) is 4.24. The van der Waals surface area contributed by atoms with Crippen LogP contribution in [0.25, 0.3) is 0 Å². The van der Waals surface area contributed by atoms with Gasteiger partial charge in [0, 0.05) is 29.5 Å². The number of halogens is 1. The summed E-state index contributed by atoms with van der Waals surface area (Å²) < 4.78 is 8.72. The Morgan fingerprint density at radius 1 is 1.25 bits per heavy atom. The molecule has 2 heterocycles. The number of aromatic nitrogens is 3. The smallest absolute Gasteiger partial charge is 0.256 e. The van der Waals surface area contributed by atoms with Crippen LogP contribution in [0, 0.1) is 19.8 Å². The molecule has 2 aromatic heterocycles. The van der Waals surface area contributed by atoms with Crippen molar-refractivity contribution >= 4 is 21.8 Å². The number of amides is 1. The van der Waals surface area contributed by atoms with Gasteiger partial charge in [0.15, 0.2) is 0 Å². The van der Waals surface area contributed by atoms with Crippen LogP contribution in [0.15, 0.2) is 53.1 Å². The predicted molar refractivity (Wildman–Crippen MR) is 112 cm³/mol. The molecule has 0 saturated heterocycles. The maximum atomic E-state index is 12.7. The molecule has 0 bridgehead atoms. The van der Waals surface area contributed by atoms with Gasteiger partial charge in [0.2, 0.25) is 5.88 Å². The van der Waals surface area contributed by atoms with Gasteiger partial charge >= 0.3 is 0 Å². The van der Waals surface area contributed by atoms with Crippen LogP contribution in [0.1, 0.15) is 28.7 Å². The molecule has 1 unspecified atom stereocenters. The topological polar surface area (TPSA) is 69.0 Å². The lowest BCUT2D eigenvalue weighted by Crippen LogP contribution is -2.30. The molecule has 146 valence electrons. The average molecular weight is 443 g/mol. The summed E-state index contributed by atoms with van der Waals surface area (Å²) in [4.78, 5) is 16.9. The first kappa shape index (κ1) is 20.1. The maximum absolute atomic E-state index is 12.7. The number of aryl methyl sites for hydroxylation is 2. The second-order valence-electron chi connectivity index (χ2n) is 6.84. The normalized spacial score (nSPS) is 11.9. The van der Waals surface area contributed by atoms with E-state index in [1.165, 1.54) is 0 Å². The van der Waals surface area contributed by atoms with Crippen molar-refractivity contribution in [3.8, 4) is 11.6 Å². The molecular formula is C21H23BrN4O2. The van der Waals surface area contributed by atoms with E-state index in [0.717, 1.165) is 22.4 Å². The average Bonchev–Trinajstić information content (AvgIpc) is 2.99. The Morgan fingerprint density at radius 3 is 2.68 bits per heavy atom. The van der Waals surface area contributed by atoms with E-state index in [-0.39, 0.29) is 17.7 Å². The summed E-state index contributed by atoms with van der Waals surface area (Å²) >= 11 is 3.39. The molecule has 1 aromatic carbocycles. The molecule has 0 fully saturated rings. The van der Waals surface area contributed by atoms with E-state index in [4.69, 9.17) is 4.74 Å². The lowest BCUT2D eigenvalue weighted by Gasteiger charge is -2.15. The molecule has 7 heteroatoms. The molecule has 0 aliphatic rings. The summed E-state index contributed by atoms with van der Waals surface area (Å²) in [5.41, 5.74) is 2.52. The molecule has 3 aromatic rings. The summed E-state index contributed by atoms with van der Waals surface area (Å²) in [5.74, 6) is 0.928. The number of hydrogen-bond donors (Lipinski definition) is 1. The molecule has 0 aliphatic carbocycles. The number of ether oxygens (including phenoxy) is 1. The fourth-order valence-corrected chi connectivity index (χ4v) is 3.11. The number of rotatable bonds is 7. The largest absolute Gasteiger partial charge is 0.438 e. The zero-order valence-corrected chi connectivity index (χ0v) is 17.7. The minimum atomic E-state index is -0.208. The molecule has 1 amide bonds. The van der Waals surface area contributed by atoms with E-state index in [1.54, 1.807) is 18.3 Å². The zero-order valence-electron chi connectivity index (χ0n) is 16.1. The molecule has 0 saturated carbocycles. The van der Waals surface area contributed by atoms with Crippen molar-refractivity contribution in [1.82, 2.24) is 20.1 Å². The van der Waals surface area contributed by atoms with Gasteiger partial charge in [0.1, 0.15) is 11.3 Å². The number of benzene rings is 1. The minimum absolute atomic E-state index is 0.208. The van der Waals surface area contributed by atoms with Crippen LogP contribution in [-0.4, -0.2) is 27.2 Å². The van der Waals surface area contributed by atoms with Gasteiger partial charge in [-0.15, -0.1) is 0 Å². The summed E-state index contributed by atoms with van der Waals surface area (Å²) in [6, 6.07) is 12.9. The van der Waals surface area contributed by atoms with Crippen LogP contribution in [0.5, 0.6) is 11.6 Å². The molecule has 1 N–H and O–H groups in total. The third-order valence-corrected chi connectivity index (χ3v) is 4.77. The maximum Gasteiger partial charge on any atom is 0.256 e. The Labute approximate surface area is 173 Å². The van der Waals surface area contributed by atoms with Crippen LogP contribution >= 0.6 is 15.9 Å². The molecule has 6 nitrogen and oxygen atoms in total. The van der Waals surface area contributed by atoms with E-state index < -0.39 is 0 Å². The Hall–Kier alpha value is -2.67. The quantitative estimate of drug-likeness (QED) is 0.583. The van der Waals surface area contributed by atoms with Gasteiger partial charge in [0.05, 0.1) is 5.69 Å². The fourth-order valence-electron chi connectivity index (χ4n) is 2.84. The highest BCUT2D eigenvalue weighted by molar-refractivity contribution is 9.10. The molecule has 0 radical (unpaired) electrons. The molecule has 28 heavy (non-hydrogen) atoms. The lowest BCUT2D eigenvalue weighted by atomic mass is 10.1. The Kier molecular flexibility index (Phi) is 6.46. The number of hydrogen-bond acceptors (Lipinski definition) is 4. The second kappa shape index (κ2) is 9.01. The van der Waals surface area contributed by atoms with E-state index >= 15 is 0 Å². The number of nitrogens with one attached hydrogen (secondary N) is 1. The zero-order chi connectivity index (χ0) is 20.1.